The number of rotatable bonds is 3. The molecule has 0 saturated carbocycles. The molecule has 0 saturated heterocycles. The van der Waals surface area contributed by atoms with Crippen molar-refractivity contribution < 1.29 is 9.18 Å². The van der Waals surface area contributed by atoms with E-state index in [1.165, 1.54) is 23.9 Å². The molecule has 0 aliphatic heterocycles. The molecule has 8 heteroatoms. The van der Waals surface area contributed by atoms with E-state index in [4.69, 9.17) is 5.84 Å². The second-order valence-electron chi connectivity index (χ2n) is 3.47. The molecular weight excluding hydrogens is 269 g/mol. The lowest BCUT2D eigenvalue weighted by atomic mass is 10.1. The molecule has 6 nitrogen and oxygen atoms in total. The molecule has 0 radical (unpaired) electrons. The summed E-state index contributed by atoms with van der Waals surface area (Å²) in [6, 6.07) is 4.23. The van der Waals surface area contributed by atoms with E-state index < -0.39 is 11.9 Å². The van der Waals surface area contributed by atoms with Crippen LogP contribution in [0.1, 0.15) is 10.5 Å². The lowest BCUT2D eigenvalue weighted by Crippen LogP contribution is -2.30. The standard InChI is InChI=1S/C11H10FN5OS/c1-19-11-14-3-2-7(16-11)6-4-8(10(18)17-13)15-9(12)5-6/h2-5H,13H2,1H3,(H,17,18). The van der Waals surface area contributed by atoms with Gasteiger partial charge in [-0.2, -0.15) is 4.39 Å². The molecule has 19 heavy (non-hydrogen) atoms. The van der Waals surface area contributed by atoms with Crippen LogP contribution in [-0.4, -0.2) is 27.1 Å². The first kappa shape index (κ1) is 13.4. The first-order chi connectivity index (χ1) is 9.13. The smallest absolute Gasteiger partial charge is 0.283 e. The Balaban J connectivity index is 2.49. The Morgan fingerprint density at radius 1 is 1.42 bits per heavy atom. The van der Waals surface area contributed by atoms with E-state index in [1.54, 1.807) is 12.3 Å². The molecule has 3 N–H and O–H groups in total. The maximum atomic E-state index is 13.4. The van der Waals surface area contributed by atoms with Crippen LogP contribution >= 0.6 is 11.8 Å². The summed E-state index contributed by atoms with van der Waals surface area (Å²) >= 11 is 1.37. The minimum atomic E-state index is -0.777. The molecule has 0 bridgehead atoms. The van der Waals surface area contributed by atoms with E-state index in [0.29, 0.717) is 16.4 Å². The predicted molar refractivity (Wildman–Crippen MR) is 68.7 cm³/mol. The fourth-order valence-corrected chi connectivity index (χ4v) is 1.79. The Labute approximate surface area is 112 Å². The van der Waals surface area contributed by atoms with Crippen molar-refractivity contribution in [3.63, 3.8) is 0 Å². The number of thioether (sulfide) groups is 1. The first-order valence-corrected chi connectivity index (χ1v) is 6.42. The number of hydrogen-bond donors (Lipinski definition) is 2. The molecule has 0 aliphatic carbocycles. The summed E-state index contributed by atoms with van der Waals surface area (Å²) in [7, 11) is 0. The number of hydrazine groups is 1. The zero-order chi connectivity index (χ0) is 13.8. The lowest BCUT2D eigenvalue weighted by molar-refractivity contribution is 0.0947. The number of halogens is 1. The Kier molecular flexibility index (Phi) is 4.03. The van der Waals surface area contributed by atoms with Gasteiger partial charge in [0.25, 0.3) is 5.91 Å². The molecule has 0 fully saturated rings. The minimum Gasteiger partial charge on any atom is -0.289 e. The number of amides is 1. The third kappa shape index (κ3) is 3.04. The van der Waals surface area contributed by atoms with Crippen LogP contribution in [0, 0.1) is 5.95 Å². The summed E-state index contributed by atoms with van der Waals surface area (Å²) in [5, 5.41) is 0.555. The molecule has 98 valence electrons. The Morgan fingerprint density at radius 3 is 2.89 bits per heavy atom. The van der Waals surface area contributed by atoms with Crippen molar-refractivity contribution in [2.45, 2.75) is 5.16 Å². The highest BCUT2D eigenvalue weighted by atomic mass is 32.2. The van der Waals surface area contributed by atoms with Crippen molar-refractivity contribution >= 4 is 17.7 Å². The Morgan fingerprint density at radius 2 is 2.21 bits per heavy atom. The summed E-state index contributed by atoms with van der Waals surface area (Å²) in [6.45, 7) is 0. The highest BCUT2D eigenvalue weighted by molar-refractivity contribution is 7.98. The van der Waals surface area contributed by atoms with Gasteiger partial charge < -0.3 is 0 Å². The second-order valence-corrected chi connectivity index (χ2v) is 4.24. The van der Waals surface area contributed by atoms with Crippen LogP contribution in [0.3, 0.4) is 0 Å². The Bertz CT molecular complexity index is 622. The third-order valence-electron chi connectivity index (χ3n) is 2.27. The fraction of sp³-hybridized carbons (Fsp3) is 0.0909. The van der Waals surface area contributed by atoms with E-state index >= 15 is 0 Å². The van der Waals surface area contributed by atoms with Crippen molar-refractivity contribution in [2.75, 3.05) is 6.26 Å². The van der Waals surface area contributed by atoms with E-state index in [9.17, 15) is 9.18 Å². The van der Waals surface area contributed by atoms with Gasteiger partial charge in [0.2, 0.25) is 5.95 Å². The minimum absolute atomic E-state index is 0.109. The largest absolute Gasteiger partial charge is 0.289 e. The molecular formula is C11H10FN5OS. The van der Waals surface area contributed by atoms with Gasteiger partial charge in [-0.25, -0.2) is 20.8 Å². The van der Waals surface area contributed by atoms with Gasteiger partial charge in [-0.15, -0.1) is 0 Å². The molecule has 2 heterocycles. The molecule has 0 spiro atoms. The maximum absolute atomic E-state index is 13.4. The van der Waals surface area contributed by atoms with Crippen molar-refractivity contribution in [3.05, 3.63) is 36.0 Å². The first-order valence-electron chi connectivity index (χ1n) is 5.20. The summed E-state index contributed by atoms with van der Waals surface area (Å²) in [5.74, 6) is 3.55. The topological polar surface area (TPSA) is 93.8 Å². The number of hydrogen-bond acceptors (Lipinski definition) is 6. The van der Waals surface area contributed by atoms with E-state index in [1.807, 2.05) is 11.7 Å². The van der Waals surface area contributed by atoms with Gasteiger partial charge in [0.15, 0.2) is 5.16 Å². The summed E-state index contributed by atoms with van der Waals surface area (Å²) in [5.41, 5.74) is 2.74. The number of carbonyl (C=O) groups is 1. The monoisotopic (exact) mass is 279 g/mol. The summed E-state index contributed by atoms with van der Waals surface area (Å²) in [4.78, 5) is 23.1. The van der Waals surface area contributed by atoms with Gasteiger partial charge >= 0.3 is 0 Å². The zero-order valence-corrected chi connectivity index (χ0v) is 10.7. The van der Waals surface area contributed by atoms with Gasteiger partial charge in [0.05, 0.1) is 5.69 Å². The number of nitrogen functional groups attached to an aromatic ring is 1. The van der Waals surface area contributed by atoms with Crippen LogP contribution in [0.25, 0.3) is 11.3 Å². The molecule has 0 aliphatic rings. The van der Waals surface area contributed by atoms with Crippen LogP contribution in [0.15, 0.2) is 29.6 Å². The van der Waals surface area contributed by atoms with E-state index in [2.05, 4.69) is 15.0 Å². The van der Waals surface area contributed by atoms with Gasteiger partial charge in [0.1, 0.15) is 5.69 Å². The predicted octanol–water partition coefficient (Wildman–Crippen LogP) is 1.00. The molecule has 2 rings (SSSR count). The molecule has 2 aromatic rings. The van der Waals surface area contributed by atoms with Crippen molar-refractivity contribution in [1.82, 2.24) is 20.4 Å². The third-order valence-corrected chi connectivity index (χ3v) is 2.83. The molecule has 1 amide bonds. The van der Waals surface area contributed by atoms with Crippen LogP contribution in [0.2, 0.25) is 0 Å². The molecule has 0 aromatic carbocycles. The normalized spacial score (nSPS) is 10.3. The number of aromatic nitrogens is 3. The van der Waals surface area contributed by atoms with Gasteiger partial charge in [-0.3, -0.25) is 10.2 Å². The van der Waals surface area contributed by atoms with Crippen molar-refractivity contribution in [2.24, 2.45) is 5.84 Å². The van der Waals surface area contributed by atoms with Crippen LogP contribution in [0.4, 0.5) is 4.39 Å². The van der Waals surface area contributed by atoms with Gasteiger partial charge in [-0.1, -0.05) is 11.8 Å². The van der Waals surface area contributed by atoms with Crippen LogP contribution in [0.5, 0.6) is 0 Å². The summed E-state index contributed by atoms with van der Waals surface area (Å²) in [6.07, 6.45) is 3.40. The molecule has 2 aromatic heterocycles. The number of nitrogens with one attached hydrogen (secondary N) is 1. The molecule has 0 unspecified atom stereocenters. The summed E-state index contributed by atoms with van der Waals surface area (Å²) < 4.78 is 13.4. The highest BCUT2D eigenvalue weighted by Gasteiger charge is 2.11. The zero-order valence-electron chi connectivity index (χ0n) is 9.92. The van der Waals surface area contributed by atoms with Gasteiger partial charge in [-0.05, 0) is 18.4 Å². The number of pyridine rings is 1. The SMILES string of the molecule is CSc1nccc(-c2cc(F)nc(C(=O)NN)c2)n1. The Hall–Kier alpha value is -2.06. The van der Waals surface area contributed by atoms with E-state index in [0.717, 1.165) is 0 Å². The fourth-order valence-electron chi connectivity index (χ4n) is 1.43. The highest BCUT2D eigenvalue weighted by Crippen LogP contribution is 2.20. The molecule has 0 atom stereocenters. The maximum Gasteiger partial charge on any atom is 0.283 e. The average Bonchev–Trinajstić information content (AvgIpc) is 2.45. The van der Waals surface area contributed by atoms with Gasteiger partial charge in [0, 0.05) is 17.8 Å². The van der Waals surface area contributed by atoms with Crippen LogP contribution in [-0.2, 0) is 0 Å². The number of nitrogens with zero attached hydrogens (tertiary/aromatic N) is 3. The van der Waals surface area contributed by atoms with Crippen molar-refractivity contribution in [3.8, 4) is 11.3 Å². The second kappa shape index (κ2) is 5.72. The van der Waals surface area contributed by atoms with E-state index in [-0.39, 0.29) is 5.69 Å². The van der Waals surface area contributed by atoms with Crippen molar-refractivity contribution in [1.29, 1.82) is 0 Å². The quantitative estimate of drug-likeness (QED) is 0.217. The lowest BCUT2D eigenvalue weighted by Gasteiger charge is -2.05. The average molecular weight is 279 g/mol. The number of nitrogens with two attached hydrogens (primary N) is 1. The van der Waals surface area contributed by atoms with Crippen LogP contribution < -0.4 is 11.3 Å². The number of carbonyl (C=O) groups excluding carboxylic acids is 1.